The fourth-order valence-corrected chi connectivity index (χ4v) is 2.56. The van der Waals surface area contributed by atoms with Gasteiger partial charge in [-0.1, -0.05) is 12.1 Å². The lowest BCUT2D eigenvalue weighted by Gasteiger charge is -2.08. The molecule has 3 N–H and O–H groups in total. The van der Waals surface area contributed by atoms with Crippen molar-refractivity contribution in [1.29, 1.82) is 0 Å². The van der Waals surface area contributed by atoms with Gasteiger partial charge in [0.15, 0.2) is 0 Å². The number of benzene rings is 1. The molecule has 1 aromatic carbocycles. The van der Waals surface area contributed by atoms with Crippen molar-refractivity contribution >= 4 is 28.3 Å². The second-order valence-corrected chi connectivity index (χ2v) is 5.77. The van der Waals surface area contributed by atoms with Gasteiger partial charge in [0.05, 0.1) is 0 Å². The van der Waals surface area contributed by atoms with Crippen molar-refractivity contribution in [3.8, 4) is 0 Å². The van der Waals surface area contributed by atoms with Crippen LogP contribution in [0.3, 0.4) is 0 Å². The molecule has 0 atom stereocenters. The van der Waals surface area contributed by atoms with Crippen molar-refractivity contribution < 1.29 is 17.6 Å². The van der Waals surface area contributed by atoms with Gasteiger partial charge in [-0.25, -0.2) is 17.5 Å². The number of rotatable bonds is 8. The Balaban J connectivity index is 0.00000400. The number of hydrogen-bond acceptors (Lipinski definition) is 4. The number of halogens is 2. The molecule has 0 aliphatic carbocycles. The van der Waals surface area contributed by atoms with E-state index in [4.69, 9.17) is 0 Å². The van der Waals surface area contributed by atoms with Crippen LogP contribution in [0.25, 0.3) is 0 Å². The summed E-state index contributed by atoms with van der Waals surface area (Å²) in [5.41, 5.74) is 0. The second-order valence-electron chi connectivity index (χ2n) is 4.03. The Morgan fingerprint density at radius 3 is 2.48 bits per heavy atom. The van der Waals surface area contributed by atoms with Crippen LogP contribution in [0.5, 0.6) is 0 Å². The molecule has 0 aromatic heterocycles. The molecule has 1 amide bonds. The molecule has 0 aliphatic rings. The van der Waals surface area contributed by atoms with Gasteiger partial charge in [0.1, 0.15) is 10.7 Å². The quantitative estimate of drug-likeness (QED) is 0.593. The van der Waals surface area contributed by atoms with Gasteiger partial charge in [-0.3, -0.25) is 4.79 Å². The summed E-state index contributed by atoms with van der Waals surface area (Å²) in [4.78, 5) is 10.9. The summed E-state index contributed by atoms with van der Waals surface area (Å²) >= 11 is 0. The second kappa shape index (κ2) is 9.67. The standard InChI is InChI=1S/C12H18FN3O3S.ClH/c1-14-8-9-15-12(17)6-7-16-20(18,19)11-5-3-2-4-10(11)13;/h2-5,14,16H,6-9H2,1H3,(H,15,17);1H. The van der Waals surface area contributed by atoms with E-state index in [0.717, 1.165) is 6.07 Å². The van der Waals surface area contributed by atoms with E-state index in [-0.39, 0.29) is 31.3 Å². The summed E-state index contributed by atoms with van der Waals surface area (Å²) in [6.07, 6.45) is -0.00258. The SMILES string of the molecule is CNCCNC(=O)CCNS(=O)(=O)c1ccccc1F.Cl. The molecule has 0 heterocycles. The maximum atomic E-state index is 13.4. The monoisotopic (exact) mass is 339 g/mol. The van der Waals surface area contributed by atoms with Crippen LogP contribution in [0, 0.1) is 5.82 Å². The minimum Gasteiger partial charge on any atom is -0.355 e. The normalized spacial score (nSPS) is 10.8. The average Bonchev–Trinajstić information content (AvgIpc) is 2.39. The molecule has 0 fully saturated rings. The zero-order valence-electron chi connectivity index (χ0n) is 11.6. The maximum absolute atomic E-state index is 13.4. The largest absolute Gasteiger partial charge is 0.355 e. The molecule has 0 saturated heterocycles. The summed E-state index contributed by atoms with van der Waals surface area (Å²) in [7, 11) is -2.17. The lowest BCUT2D eigenvalue weighted by atomic mass is 10.4. The molecule has 120 valence electrons. The van der Waals surface area contributed by atoms with Crippen LogP contribution in [-0.2, 0) is 14.8 Å². The van der Waals surface area contributed by atoms with Crippen LogP contribution in [0.15, 0.2) is 29.2 Å². The molecule has 0 unspecified atom stereocenters. The summed E-state index contributed by atoms with van der Waals surface area (Å²) in [5.74, 6) is -1.09. The Kier molecular flexibility index (Phi) is 9.11. The number of nitrogens with one attached hydrogen (secondary N) is 3. The van der Waals surface area contributed by atoms with Gasteiger partial charge in [0, 0.05) is 26.1 Å². The van der Waals surface area contributed by atoms with Crippen molar-refractivity contribution in [2.75, 3.05) is 26.7 Å². The number of amides is 1. The maximum Gasteiger partial charge on any atom is 0.243 e. The lowest BCUT2D eigenvalue weighted by molar-refractivity contribution is -0.120. The predicted molar refractivity (Wildman–Crippen MR) is 80.4 cm³/mol. The lowest BCUT2D eigenvalue weighted by Crippen LogP contribution is -2.34. The van der Waals surface area contributed by atoms with Crippen LogP contribution < -0.4 is 15.4 Å². The molecule has 1 aromatic rings. The average molecular weight is 340 g/mol. The molecule has 0 spiro atoms. The Hall–Kier alpha value is -1.22. The van der Waals surface area contributed by atoms with Crippen LogP contribution in [0.4, 0.5) is 4.39 Å². The van der Waals surface area contributed by atoms with E-state index < -0.39 is 20.7 Å². The van der Waals surface area contributed by atoms with Crippen molar-refractivity contribution in [2.24, 2.45) is 0 Å². The summed E-state index contributed by atoms with van der Waals surface area (Å²) in [5, 5.41) is 5.47. The Morgan fingerprint density at radius 2 is 1.86 bits per heavy atom. The first-order valence-corrected chi connectivity index (χ1v) is 7.61. The van der Waals surface area contributed by atoms with Crippen LogP contribution in [0.2, 0.25) is 0 Å². The highest BCUT2D eigenvalue weighted by molar-refractivity contribution is 7.89. The van der Waals surface area contributed by atoms with Gasteiger partial charge in [-0.15, -0.1) is 12.4 Å². The highest BCUT2D eigenvalue weighted by Gasteiger charge is 2.18. The van der Waals surface area contributed by atoms with E-state index in [9.17, 15) is 17.6 Å². The molecule has 9 heteroatoms. The zero-order valence-corrected chi connectivity index (χ0v) is 13.2. The first kappa shape index (κ1) is 19.8. The summed E-state index contributed by atoms with van der Waals surface area (Å²) < 4.78 is 39.2. The molecule has 0 aliphatic heterocycles. The zero-order chi connectivity index (χ0) is 15.0. The van der Waals surface area contributed by atoms with Gasteiger partial charge in [0.25, 0.3) is 0 Å². The minimum atomic E-state index is -3.93. The van der Waals surface area contributed by atoms with Crippen LogP contribution in [-0.4, -0.2) is 41.0 Å². The van der Waals surface area contributed by atoms with Gasteiger partial charge >= 0.3 is 0 Å². The number of sulfonamides is 1. The molecule has 21 heavy (non-hydrogen) atoms. The Morgan fingerprint density at radius 1 is 1.19 bits per heavy atom. The number of carbonyl (C=O) groups is 1. The number of hydrogen-bond donors (Lipinski definition) is 3. The van der Waals surface area contributed by atoms with Gasteiger partial charge < -0.3 is 10.6 Å². The Labute approximate surface area is 130 Å². The third kappa shape index (κ3) is 6.85. The Bertz CT molecular complexity index is 554. The van der Waals surface area contributed by atoms with E-state index in [1.165, 1.54) is 18.2 Å². The molecule has 0 saturated carbocycles. The van der Waals surface area contributed by atoms with E-state index in [1.807, 2.05) is 0 Å². The van der Waals surface area contributed by atoms with Crippen LogP contribution in [0.1, 0.15) is 6.42 Å². The summed E-state index contributed by atoms with van der Waals surface area (Å²) in [6, 6.07) is 5.08. The molecular formula is C12H19ClFN3O3S. The van der Waals surface area contributed by atoms with E-state index in [0.29, 0.717) is 13.1 Å². The van der Waals surface area contributed by atoms with Crippen molar-refractivity contribution in [1.82, 2.24) is 15.4 Å². The van der Waals surface area contributed by atoms with Crippen molar-refractivity contribution in [3.63, 3.8) is 0 Å². The number of likely N-dealkylation sites (N-methyl/N-ethyl adjacent to an activating group) is 1. The summed E-state index contributed by atoms with van der Waals surface area (Å²) in [6.45, 7) is 1.02. The smallest absolute Gasteiger partial charge is 0.243 e. The van der Waals surface area contributed by atoms with Crippen molar-refractivity contribution in [3.05, 3.63) is 30.1 Å². The minimum absolute atomic E-state index is 0. The fourth-order valence-electron chi connectivity index (χ4n) is 1.45. The molecule has 0 bridgehead atoms. The molecule has 6 nitrogen and oxygen atoms in total. The third-order valence-electron chi connectivity index (χ3n) is 2.47. The van der Waals surface area contributed by atoms with E-state index in [1.54, 1.807) is 7.05 Å². The highest BCUT2D eigenvalue weighted by atomic mass is 35.5. The highest BCUT2D eigenvalue weighted by Crippen LogP contribution is 2.12. The van der Waals surface area contributed by atoms with Gasteiger partial charge in [-0.2, -0.15) is 0 Å². The molecular weight excluding hydrogens is 321 g/mol. The molecule has 1 rings (SSSR count). The van der Waals surface area contributed by atoms with E-state index >= 15 is 0 Å². The molecule has 0 radical (unpaired) electrons. The topological polar surface area (TPSA) is 87.3 Å². The van der Waals surface area contributed by atoms with Crippen molar-refractivity contribution in [2.45, 2.75) is 11.3 Å². The first-order valence-electron chi connectivity index (χ1n) is 6.13. The van der Waals surface area contributed by atoms with Crippen LogP contribution >= 0.6 is 12.4 Å². The van der Waals surface area contributed by atoms with E-state index in [2.05, 4.69) is 15.4 Å². The first-order chi connectivity index (χ1) is 9.47. The fraction of sp³-hybridized carbons (Fsp3) is 0.417. The predicted octanol–water partition coefficient (Wildman–Crippen LogP) is 0.252. The number of carbonyl (C=O) groups excluding carboxylic acids is 1. The third-order valence-corrected chi connectivity index (χ3v) is 3.96. The van der Waals surface area contributed by atoms with Gasteiger partial charge in [0.2, 0.25) is 15.9 Å². The van der Waals surface area contributed by atoms with Gasteiger partial charge in [-0.05, 0) is 19.2 Å².